The number of pyridine rings is 1. The molecule has 1 nitrogen and oxygen atoms in total. The molecule has 1 aliphatic heterocycles. The largest absolute Gasteiger partial charge is 0.212 e. The van der Waals surface area contributed by atoms with Crippen LogP contribution in [0.3, 0.4) is 0 Å². The van der Waals surface area contributed by atoms with E-state index in [1.165, 1.54) is 40.8 Å². The van der Waals surface area contributed by atoms with Crippen LogP contribution in [0.4, 0.5) is 0 Å². The Morgan fingerprint density at radius 1 is 1.14 bits per heavy atom. The molecule has 0 fully saturated rings. The van der Waals surface area contributed by atoms with Gasteiger partial charge >= 0.3 is 0 Å². The highest BCUT2D eigenvalue weighted by molar-refractivity contribution is 5.86. The van der Waals surface area contributed by atoms with Crippen molar-refractivity contribution in [3.63, 3.8) is 0 Å². The van der Waals surface area contributed by atoms with E-state index in [4.69, 9.17) is 0 Å². The Bertz CT molecular complexity index is 943. The molecule has 1 aliphatic rings. The molecule has 0 radical (unpaired) electrons. The molecule has 29 heavy (non-hydrogen) atoms. The zero-order valence-electron chi connectivity index (χ0n) is 18.8. The number of hydrogen-bond donors (Lipinski definition) is 0. The van der Waals surface area contributed by atoms with E-state index in [0.29, 0.717) is 6.04 Å². The van der Waals surface area contributed by atoms with Crippen LogP contribution < -0.4 is 4.57 Å². The summed E-state index contributed by atoms with van der Waals surface area (Å²) in [6.45, 7) is 16.0. The number of aromatic nitrogens is 1. The predicted molar refractivity (Wildman–Crippen MR) is 126 cm³/mol. The molecule has 1 atom stereocenters. The van der Waals surface area contributed by atoms with Gasteiger partial charge in [0.1, 0.15) is 0 Å². The molecule has 0 amide bonds. The topological polar surface area (TPSA) is 3.88 Å². The number of nitrogens with zero attached hydrogens (tertiary/aromatic N) is 1. The van der Waals surface area contributed by atoms with E-state index in [9.17, 15) is 0 Å². The molecule has 152 valence electrons. The van der Waals surface area contributed by atoms with E-state index in [-0.39, 0.29) is 5.41 Å². The standard InChI is InChI=1S/C28H36N/c1-7-8-12-24-13-9-10-15-26(24)25-14-11-18-28(5,6)23(4)29-20-21(2)16-17-27(29)22(3)19-25/h9-11,13-17,19-20,23H,3,7-8,12,18H2,1-2,4-6H3/q+1/b14-11-,25-19+. The number of hydrogen-bond acceptors (Lipinski definition) is 0. The molecule has 1 heteroatoms. The maximum absolute atomic E-state index is 4.48. The Morgan fingerprint density at radius 2 is 1.90 bits per heavy atom. The van der Waals surface area contributed by atoms with E-state index >= 15 is 0 Å². The molecule has 2 aromatic rings. The zero-order valence-corrected chi connectivity index (χ0v) is 18.8. The third kappa shape index (κ3) is 4.78. The molecular formula is C28H36N+. The lowest BCUT2D eigenvalue weighted by Gasteiger charge is -2.28. The lowest BCUT2D eigenvalue weighted by atomic mass is 9.80. The molecule has 0 saturated carbocycles. The molecule has 0 spiro atoms. The van der Waals surface area contributed by atoms with Gasteiger partial charge in [-0.25, -0.2) is 0 Å². The quantitative estimate of drug-likeness (QED) is 0.486. The van der Waals surface area contributed by atoms with Crippen molar-refractivity contribution in [3.8, 4) is 0 Å². The van der Waals surface area contributed by atoms with E-state index in [2.05, 4.69) is 107 Å². The SMILES string of the molecule is C=C1/C=C(c2ccccc2CCCC)\C=C/CC(C)(C)C(C)[n+]2cc(C)ccc21. The third-order valence-corrected chi connectivity index (χ3v) is 6.40. The molecule has 1 aromatic heterocycles. The van der Waals surface area contributed by atoms with Gasteiger partial charge in [-0.1, -0.05) is 70.2 Å². The summed E-state index contributed by atoms with van der Waals surface area (Å²) < 4.78 is 2.42. The Morgan fingerprint density at radius 3 is 2.66 bits per heavy atom. The first-order valence-electron chi connectivity index (χ1n) is 11.0. The molecule has 0 saturated heterocycles. The molecule has 2 heterocycles. The number of unbranched alkanes of at least 4 members (excludes halogenated alkanes) is 1. The van der Waals surface area contributed by atoms with Crippen LogP contribution in [0.15, 0.2) is 67.4 Å². The molecule has 3 rings (SSSR count). The van der Waals surface area contributed by atoms with Crippen LogP contribution in [0.5, 0.6) is 0 Å². The first-order valence-corrected chi connectivity index (χ1v) is 11.0. The van der Waals surface area contributed by atoms with E-state index in [0.717, 1.165) is 18.4 Å². The summed E-state index contributed by atoms with van der Waals surface area (Å²) >= 11 is 0. The second-order valence-electron chi connectivity index (χ2n) is 9.16. The van der Waals surface area contributed by atoms with Gasteiger partial charge in [0.25, 0.3) is 0 Å². The lowest BCUT2D eigenvalue weighted by molar-refractivity contribution is -0.734. The van der Waals surface area contributed by atoms with Gasteiger partial charge in [0.05, 0.1) is 0 Å². The van der Waals surface area contributed by atoms with Crippen molar-refractivity contribution in [2.45, 2.75) is 66.3 Å². The maximum atomic E-state index is 4.48. The Kier molecular flexibility index (Phi) is 6.57. The number of aryl methyl sites for hydroxylation is 2. The average molecular weight is 387 g/mol. The first kappa shape index (κ1) is 21.3. The summed E-state index contributed by atoms with van der Waals surface area (Å²) in [5.41, 5.74) is 7.73. The van der Waals surface area contributed by atoms with Gasteiger partial charge in [0, 0.05) is 22.6 Å². The van der Waals surface area contributed by atoms with Crippen LogP contribution in [-0.2, 0) is 6.42 Å². The van der Waals surface area contributed by atoms with Crippen molar-refractivity contribution in [2.75, 3.05) is 0 Å². The summed E-state index contributed by atoms with van der Waals surface area (Å²) in [4.78, 5) is 0. The minimum atomic E-state index is 0.147. The monoisotopic (exact) mass is 386 g/mol. The molecular weight excluding hydrogens is 350 g/mol. The normalized spacial score (nSPS) is 21.8. The molecule has 0 bridgehead atoms. The minimum absolute atomic E-state index is 0.147. The van der Waals surface area contributed by atoms with Crippen molar-refractivity contribution in [1.29, 1.82) is 0 Å². The summed E-state index contributed by atoms with van der Waals surface area (Å²) in [5.74, 6) is 0. The fraction of sp³-hybridized carbons (Fsp3) is 0.393. The third-order valence-electron chi connectivity index (χ3n) is 6.40. The highest BCUT2D eigenvalue weighted by Crippen LogP contribution is 2.35. The van der Waals surface area contributed by atoms with E-state index < -0.39 is 0 Å². The van der Waals surface area contributed by atoms with Crippen molar-refractivity contribution >= 4 is 11.1 Å². The van der Waals surface area contributed by atoms with Gasteiger partial charge in [0.2, 0.25) is 5.69 Å². The number of fused-ring (bicyclic) bond motifs is 1. The van der Waals surface area contributed by atoms with Crippen LogP contribution in [0, 0.1) is 12.3 Å². The zero-order chi connectivity index (χ0) is 21.0. The van der Waals surface area contributed by atoms with Crippen LogP contribution in [0.1, 0.15) is 75.4 Å². The van der Waals surface area contributed by atoms with E-state index in [1.807, 2.05) is 0 Å². The number of allylic oxidation sites excluding steroid dienone is 5. The second kappa shape index (κ2) is 8.95. The minimum Gasteiger partial charge on any atom is -0.195 e. The van der Waals surface area contributed by atoms with Gasteiger partial charge in [-0.3, -0.25) is 0 Å². The van der Waals surface area contributed by atoms with Crippen molar-refractivity contribution in [1.82, 2.24) is 0 Å². The fourth-order valence-corrected chi connectivity index (χ4v) is 4.12. The first-order chi connectivity index (χ1) is 13.8. The summed E-state index contributed by atoms with van der Waals surface area (Å²) in [6.07, 6.45) is 13.8. The number of rotatable bonds is 4. The molecule has 1 unspecified atom stereocenters. The fourth-order valence-electron chi connectivity index (χ4n) is 4.12. The van der Waals surface area contributed by atoms with Crippen LogP contribution in [0.2, 0.25) is 0 Å². The molecule has 0 aliphatic carbocycles. The van der Waals surface area contributed by atoms with Gasteiger partial charge in [0.15, 0.2) is 12.2 Å². The molecule has 1 aromatic carbocycles. The lowest BCUT2D eigenvalue weighted by Crippen LogP contribution is -2.48. The van der Waals surface area contributed by atoms with Crippen LogP contribution >= 0.6 is 0 Å². The summed E-state index contributed by atoms with van der Waals surface area (Å²) in [6, 6.07) is 13.7. The Balaban J connectivity index is 2.15. The number of benzene rings is 1. The van der Waals surface area contributed by atoms with Crippen LogP contribution in [-0.4, -0.2) is 0 Å². The Hall–Kier alpha value is -2.41. The van der Waals surface area contributed by atoms with Gasteiger partial charge in [-0.05, 0) is 62.0 Å². The van der Waals surface area contributed by atoms with Gasteiger partial charge in [-0.2, -0.15) is 4.57 Å². The van der Waals surface area contributed by atoms with Crippen molar-refractivity contribution < 1.29 is 4.57 Å². The smallest absolute Gasteiger partial charge is 0.195 e. The van der Waals surface area contributed by atoms with E-state index in [1.54, 1.807) is 0 Å². The van der Waals surface area contributed by atoms with Gasteiger partial charge in [-0.15, -0.1) is 0 Å². The van der Waals surface area contributed by atoms with Crippen molar-refractivity contribution in [3.05, 3.63) is 89.8 Å². The summed E-state index contributed by atoms with van der Waals surface area (Å²) in [5, 5.41) is 0. The average Bonchev–Trinajstić information content (AvgIpc) is 2.70. The van der Waals surface area contributed by atoms with Crippen LogP contribution in [0.25, 0.3) is 11.1 Å². The van der Waals surface area contributed by atoms with Gasteiger partial charge < -0.3 is 0 Å². The highest BCUT2D eigenvalue weighted by Gasteiger charge is 2.34. The maximum Gasteiger partial charge on any atom is 0.212 e. The summed E-state index contributed by atoms with van der Waals surface area (Å²) in [7, 11) is 0. The second-order valence-corrected chi connectivity index (χ2v) is 9.16. The highest BCUT2D eigenvalue weighted by atomic mass is 15.0. The Labute approximate surface area is 177 Å². The molecule has 0 N–H and O–H groups in total. The van der Waals surface area contributed by atoms with Crippen molar-refractivity contribution in [2.24, 2.45) is 5.41 Å². The predicted octanol–water partition coefficient (Wildman–Crippen LogP) is 7.27.